The Labute approximate surface area is 297 Å². The van der Waals surface area contributed by atoms with E-state index < -0.39 is 36.4 Å². The Morgan fingerprint density at radius 3 is 2.38 bits per heavy atom. The van der Waals surface area contributed by atoms with Crippen molar-refractivity contribution in [2.45, 2.75) is 69.2 Å². The number of carboxylic acid groups (broad SMARTS) is 1. The Morgan fingerprint density at radius 1 is 1.08 bits per heavy atom. The van der Waals surface area contributed by atoms with Crippen molar-refractivity contribution in [2.24, 2.45) is 0 Å². The number of carbonyl (C=O) groups is 2. The molecule has 52 heavy (non-hydrogen) atoms. The Hall–Kier alpha value is -5.31. The predicted octanol–water partition coefficient (Wildman–Crippen LogP) is 3.31. The van der Waals surface area contributed by atoms with Gasteiger partial charge >= 0.3 is 12.1 Å². The van der Waals surface area contributed by atoms with E-state index >= 15 is 0 Å². The molecule has 1 saturated carbocycles. The van der Waals surface area contributed by atoms with Crippen LogP contribution in [0.1, 0.15) is 43.4 Å². The number of imidazole rings is 1. The van der Waals surface area contributed by atoms with Crippen LogP contribution in [0.3, 0.4) is 0 Å². The third-order valence-electron chi connectivity index (χ3n) is 9.28. The molecule has 0 spiro atoms. The number of hydrogen-bond donors (Lipinski definition) is 5. The molecular weight excluding hydrogens is 683 g/mol. The molecule has 2 aliphatic rings. The Bertz CT molecular complexity index is 1930. The highest BCUT2D eigenvalue weighted by Gasteiger charge is 2.44. The number of aliphatic hydroxyl groups is 2. The van der Waals surface area contributed by atoms with Crippen LogP contribution >= 0.6 is 0 Å². The first-order valence-electron chi connectivity index (χ1n) is 16.7. The second-order valence-corrected chi connectivity index (χ2v) is 12.9. The number of rotatable bonds is 9. The van der Waals surface area contributed by atoms with Gasteiger partial charge in [-0.1, -0.05) is 49.4 Å². The number of likely N-dealkylation sites (N-methyl/N-ethyl adjacent to an activating group) is 1. The van der Waals surface area contributed by atoms with Crippen LogP contribution in [0.2, 0.25) is 0 Å². The number of nitriles is 1. The number of carbonyl (C=O) groups excluding carboxylic acids is 1. The highest BCUT2D eigenvalue weighted by molar-refractivity contribution is 5.84. The van der Waals surface area contributed by atoms with E-state index in [0.717, 1.165) is 36.2 Å². The molecule has 1 aliphatic carbocycles. The summed E-state index contributed by atoms with van der Waals surface area (Å²) < 4.78 is 33.5. The van der Waals surface area contributed by atoms with Crippen LogP contribution in [0.4, 0.5) is 24.9 Å². The smallest absolute Gasteiger partial charge is 0.475 e. The minimum absolute atomic E-state index is 0.176. The first-order valence-corrected chi connectivity index (χ1v) is 16.7. The summed E-state index contributed by atoms with van der Waals surface area (Å²) in [5, 5.41) is 44.7. The summed E-state index contributed by atoms with van der Waals surface area (Å²) in [5.74, 6) is -1.79. The number of aliphatic hydroxyl groups excluding tert-OH is 2. The number of nitrogens with zero attached hydrogens (tertiary/aromatic N) is 7. The molecule has 0 bridgehead atoms. The summed E-state index contributed by atoms with van der Waals surface area (Å²) in [6.07, 6.45) is -4.03. The molecule has 5 N–H and O–H groups in total. The van der Waals surface area contributed by atoms with E-state index in [9.17, 15) is 33.4 Å². The number of aliphatic carboxylic acids is 1. The van der Waals surface area contributed by atoms with E-state index in [0.29, 0.717) is 53.9 Å². The van der Waals surface area contributed by atoms with Gasteiger partial charge in [0.25, 0.3) is 0 Å². The molecule has 276 valence electrons. The number of hydrogen-bond acceptors (Lipinski definition) is 11. The molecule has 4 aromatic rings. The summed E-state index contributed by atoms with van der Waals surface area (Å²) in [7, 11) is 4.15. The van der Waals surface area contributed by atoms with Gasteiger partial charge in [-0.3, -0.25) is 4.79 Å². The maximum absolute atomic E-state index is 12.1. The number of anilines is 2. The summed E-state index contributed by atoms with van der Waals surface area (Å²) in [6.45, 7) is 3.83. The van der Waals surface area contributed by atoms with Gasteiger partial charge in [0.1, 0.15) is 12.2 Å². The van der Waals surface area contributed by atoms with Gasteiger partial charge in [-0.05, 0) is 49.7 Å². The zero-order valence-electron chi connectivity index (χ0n) is 28.7. The van der Waals surface area contributed by atoms with E-state index in [1.54, 1.807) is 17.8 Å². The molecule has 1 saturated heterocycles. The van der Waals surface area contributed by atoms with Crippen LogP contribution in [0.5, 0.6) is 0 Å². The summed E-state index contributed by atoms with van der Waals surface area (Å²) in [6, 6.07) is 17.2. The predicted molar refractivity (Wildman–Crippen MR) is 185 cm³/mol. The number of amides is 1. The third-order valence-corrected chi connectivity index (χ3v) is 9.28. The first-order chi connectivity index (χ1) is 24.7. The third kappa shape index (κ3) is 8.41. The van der Waals surface area contributed by atoms with Gasteiger partial charge < -0.3 is 40.3 Å². The quantitative estimate of drug-likeness (QED) is 0.170. The molecule has 2 aromatic heterocycles. The van der Waals surface area contributed by atoms with E-state index in [4.69, 9.17) is 19.9 Å². The fourth-order valence-corrected chi connectivity index (χ4v) is 6.31. The minimum atomic E-state index is -5.08. The highest BCUT2D eigenvalue weighted by Crippen LogP contribution is 2.35. The highest BCUT2D eigenvalue weighted by atomic mass is 19.4. The lowest BCUT2D eigenvalue weighted by Gasteiger charge is -2.22. The van der Waals surface area contributed by atoms with Gasteiger partial charge in [-0.2, -0.15) is 28.4 Å². The molecule has 1 amide bonds. The molecule has 1 aliphatic heterocycles. The molecule has 5 atom stereocenters. The molecular formula is C35H40F3N9O5. The fraction of sp³-hybridized carbons (Fsp3) is 0.429. The summed E-state index contributed by atoms with van der Waals surface area (Å²) >= 11 is 0. The number of aromatic nitrogens is 4. The van der Waals surface area contributed by atoms with Crippen molar-refractivity contribution in [1.29, 1.82) is 5.26 Å². The lowest BCUT2D eigenvalue weighted by atomic mass is 9.99. The normalized spacial score (nSPS) is 21.5. The van der Waals surface area contributed by atoms with Crippen LogP contribution in [-0.2, 0) is 16.1 Å². The molecule has 2 aromatic carbocycles. The minimum Gasteiger partial charge on any atom is -0.475 e. The SMILES string of the molecule is CCC(=O)N[C@H]1C[C@@H](n2cnc3c(NCc4ccc(-c5ccccc5C#N)cc4)nc(N4CC[C@@H](N(C)C)C4)nc32)[C@H](O)[C@@H]1O.O=C(O)C(F)(F)F. The number of fused-ring (bicyclic) bond motifs is 1. The van der Waals surface area contributed by atoms with Crippen molar-refractivity contribution in [1.82, 2.24) is 29.7 Å². The van der Waals surface area contributed by atoms with Crippen molar-refractivity contribution in [3.05, 3.63) is 66.0 Å². The number of carboxylic acids is 1. The Morgan fingerprint density at radius 2 is 1.77 bits per heavy atom. The van der Waals surface area contributed by atoms with Crippen LogP contribution in [0.15, 0.2) is 54.9 Å². The number of halogens is 3. The summed E-state index contributed by atoms with van der Waals surface area (Å²) in [5.41, 5.74) is 4.63. The fourth-order valence-electron chi connectivity index (χ4n) is 6.31. The zero-order valence-corrected chi connectivity index (χ0v) is 28.7. The van der Waals surface area contributed by atoms with E-state index in [1.807, 2.05) is 48.5 Å². The maximum Gasteiger partial charge on any atom is 0.490 e. The number of benzene rings is 2. The van der Waals surface area contributed by atoms with Gasteiger partial charge in [0.15, 0.2) is 17.0 Å². The topological polar surface area (TPSA) is 193 Å². The monoisotopic (exact) mass is 723 g/mol. The Kier molecular flexibility index (Phi) is 11.6. The molecule has 17 heteroatoms. The van der Waals surface area contributed by atoms with Crippen molar-refractivity contribution >= 4 is 34.8 Å². The molecule has 6 rings (SSSR count). The molecule has 0 radical (unpaired) electrons. The number of alkyl halides is 3. The van der Waals surface area contributed by atoms with Crippen molar-refractivity contribution in [2.75, 3.05) is 37.4 Å². The molecule has 2 fully saturated rings. The summed E-state index contributed by atoms with van der Waals surface area (Å²) in [4.78, 5) is 39.9. The van der Waals surface area contributed by atoms with Crippen LogP contribution < -0.4 is 15.5 Å². The number of nitrogens with one attached hydrogen (secondary N) is 2. The van der Waals surface area contributed by atoms with Crippen molar-refractivity contribution in [3.63, 3.8) is 0 Å². The average molecular weight is 724 g/mol. The van der Waals surface area contributed by atoms with Crippen molar-refractivity contribution in [3.8, 4) is 17.2 Å². The van der Waals surface area contributed by atoms with E-state index in [1.165, 1.54) is 0 Å². The van der Waals surface area contributed by atoms with Crippen molar-refractivity contribution < 1.29 is 38.1 Å². The Balaban J connectivity index is 0.000000679. The molecule has 14 nitrogen and oxygen atoms in total. The van der Waals surface area contributed by atoms with Gasteiger partial charge in [-0.25, -0.2) is 9.78 Å². The maximum atomic E-state index is 12.1. The van der Waals surface area contributed by atoms with Crippen LogP contribution in [-0.4, -0.2) is 109 Å². The lowest BCUT2D eigenvalue weighted by molar-refractivity contribution is -0.192. The van der Waals surface area contributed by atoms with Gasteiger partial charge in [0, 0.05) is 32.1 Å². The van der Waals surface area contributed by atoms with Gasteiger partial charge in [0.05, 0.1) is 30.0 Å². The zero-order chi connectivity index (χ0) is 37.7. The second-order valence-electron chi connectivity index (χ2n) is 12.9. The standard InChI is InChI=1S/C33H39N9O3.C2HF3O2/c1-4-27(43)37-25-15-26(30(45)29(25)44)42-19-36-28-31(38-33(39-32(28)42)41-14-13-23(18-41)40(2)3)35-17-20-9-11-21(12-10-20)24-8-6-5-7-22(24)16-34;3-2(4,5)1(6)7/h5-12,19,23,25-26,29-30,44-45H,4,13-15,17-18H2,1-3H3,(H,37,43)(H,35,38,39);(H,6,7)/t23-,25+,26-,29-,30+;/m1./s1. The second kappa shape index (κ2) is 15.9. The lowest BCUT2D eigenvalue weighted by Crippen LogP contribution is -2.42. The van der Waals surface area contributed by atoms with Gasteiger partial charge in [0.2, 0.25) is 11.9 Å². The van der Waals surface area contributed by atoms with Crippen LogP contribution in [0.25, 0.3) is 22.3 Å². The first kappa shape index (κ1) is 37.9. The molecule has 0 unspecified atom stereocenters. The largest absolute Gasteiger partial charge is 0.490 e. The van der Waals surface area contributed by atoms with E-state index in [-0.39, 0.29) is 5.91 Å². The molecule has 3 heterocycles. The van der Waals surface area contributed by atoms with E-state index in [2.05, 4.69) is 45.6 Å². The van der Waals surface area contributed by atoms with Gasteiger partial charge in [-0.15, -0.1) is 0 Å². The van der Waals surface area contributed by atoms with Crippen LogP contribution in [0, 0.1) is 11.3 Å². The average Bonchev–Trinajstić information content (AvgIpc) is 3.86.